The molecule has 0 saturated heterocycles. The van der Waals surface area contributed by atoms with E-state index in [1.165, 1.54) is 76.1 Å². The third-order valence-electron chi connectivity index (χ3n) is 8.90. The molecule has 0 aliphatic rings. The minimum Gasteiger partial charge on any atom is -0.0991 e. The van der Waals surface area contributed by atoms with Gasteiger partial charge < -0.3 is 0 Å². The van der Waals surface area contributed by atoms with Crippen LogP contribution in [0, 0.1) is 0 Å². The quantitative estimate of drug-likeness (QED) is 0.112. The molecule has 0 unspecified atom stereocenters. The van der Waals surface area contributed by atoms with Crippen molar-refractivity contribution in [2.45, 2.75) is 0 Å². The van der Waals surface area contributed by atoms with Crippen LogP contribution in [0.15, 0.2) is 171 Å². The first-order valence-electron chi connectivity index (χ1n) is 15.1. The number of hydrogen-bond donors (Lipinski definition) is 0. The average molecular weight is 559 g/mol. The Morgan fingerprint density at radius 3 is 1.82 bits per heavy atom. The second-order valence-electron chi connectivity index (χ2n) is 11.5. The Kier molecular flexibility index (Phi) is 6.21. The molecule has 8 aromatic rings. The Morgan fingerprint density at radius 2 is 0.977 bits per heavy atom. The van der Waals surface area contributed by atoms with E-state index in [1.807, 2.05) is 12.2 Å². The van der Waals surface area contributed by atoms with Gasteiger partial charge in [0.1, 0.15) is 0 Å². The molecule has 0 spiro atoms. The Hall–Kier alpha value is -5.72. The van der Waals surface area contributed by atoms with Crippen molar-refractivity contribution in [1.29, 1.82) is 0 Å². The van der Waals surface area contributed by atoms with E-state index in [0.29, 0.717) is 0 Å². The number of allylic oxidation sites excluding steroid dienone is 4. The van der Waals surface area contributed by atoms with E-state index in [-0.39, 0.29) is 0 Å². The summed E-state index contributed by atoms with van der Waals surface area (Å²) in [5.41, 5.74) is 6.99. The third-order valence-corrected chi connectivity index (χ3v) is 8.90. The molecule has 206 valence electrons. The maximum absolute atomic E-state index is 4.54. The molecule has 8 aromatic carbocycles. The van der Waals surface area contributed by atoms with Gasteiger partial charge in [0.25, 0.3) is 0 Å². The first-order chi connectivity index (χ1) is 21.7. The van der Waals surface area contributed by atoms with Crippen LogP contribution >= 0.6 is 0 Å². The lowest BCUT2D eigenvalue weighted by Gasteiger charge is -2.19. The molecule has 0 heteroatoms. The van der Waals surface area contributed by atoms with Crippen molar-refractivity contribution in [1.82, 2.24) is 0 Å². The number of fused-ring (bicyclic) bond motifs is 6. The summed E-state index contributed by atoms with van der Waals surface area (Å²) in [5.74, 6) is 0. The van der Waals surface area contributed by atoms with Gasteiger partial charge in [-0.15, -0.1) is 0 Å². The largest absolute Gasteiger partial charge is 0.0991 e. The van der Waals surface area contributed by atoms with Gasteiger partial charge in [-0.2, -0.15) is 0 Å². The normalized spacial score (nSPS) is 11.7. The van der Waals surface area contributed by atoms with Crippen LogP contribution < -0.4 is 0 Å². The van der Waals surface area contributed by atoms with Gasteiger partial charge in [0.15, 0.2) is 0 Å². The Labute approximate surface area is 257 Å². The SMILES string of the molecule is C=CC=CC(=C)c1c2ccccc2c(-c2ccc3c(ccc4ccccc43)c2)c2ccc(-c3ccc4ccccc4c3)cc12. The van der Waals surface area contributed by atoms with Crippen LogP contribution in [0.5, 0.6) is 0 Å². The monoisotopic (exact) mass is 558 g/mol. The molecule has 0 amide bonds. The molecule has 0 nitrogen and oxygen atoms in total. The Bertz CT molecular complexity index is 2470. The summed E-state index contributed by atoms with van der Waals surface area (Å²) < 4.78 is 0. The first kappa shape index (κ1) is 25.9. The molecule has 8 rings (SSSR count). The van der Waals surface area contributed by atoms with Crippen LogP contribution in [-0.2, 0) is 0 Å². The van der Waals surface area contributed by atoms with Gasteiger partial charge in [-0.25, -0.2) is 0 Å². The summed E-state index contributed by atoms with van der Waals surface area (Å²) in [5, 5.41) is 12.4. The average Bonchev–Trinajstić information content (AvgIpc) is 3.08. The van der Waals surface area contributed by atoms with Gasteiger partial charge in [-0.05, 0) is 105 Å². The molecule has 44 heavy (non-hydrogen) atoms. The molecule has 0 N–H and O–H groups in total. The van der Waals surface area contributed by atoms with Crippen molar-refractivity contribution < 1.29 is 0 Å². The molecule has 0 aromatic heterocycles. The van der Waals surface area contributed by atoms with Gasteiger partial charge in [0.05, 0.1) is 0 Å². The molecule has 0 bridgehead atoms. The lowest BCUT2D eigenvalue weighted by molar-refractivity contribution is 1.65. The molecule has 0 radical (unpaired) electrons. The summed E-state index contributed by atoms with van der Waals surface area (Å²) in [6.07, 6.45) is 5.85. The standard InChI is InChI=1S/C44H30/c1-3-4-11-29(2)43-39-16-9-10-17-40(39)44(36-23-24-38-35(27-36)21-19-31-13-7-8-15-37(31)38)41-25-22-34(28-42(41)43)33-20-18-30-12-5-6-14-32(30)26-33/h3-28H,1-2H2. The number of benzene rings is 8. The van der Waals surface area contributed by atoms with E-state index < -0.39 is 0 Å². The highest BCUT2D eigenvalue weighted by Gasteiger charge is 2.18. The molecule has 0 fully saturated rings. The van der Waals surface area contributed by atoms with Crippen LogP contribution in [0.25, 0.3) is 81.7 Å². The maximum Gasteiger partial charge on any atom is -0.00261 e. The molecular formula is C44H30. The highest BCUT2D eigenvalue weighted by molar-refractivity contribution is 6.21. The van der Waals surface area contributed by atoms with Crippen LogP contribution in [0.4, 0.5) is 0 Å². The van der Waals surface area contributed by atoms with Crippen LogP contribution in [0.1, 0.15) is 5.56 Å². The zero-order valence-electron chi connectivity index (χ0n) is 24.4. The molecular weight excluding hydrogens is 528 g/mol. The van der Waals surface area contributed by atoms with Gasteiger partial charge in [-0.1, -0.05) is 153 Å². The fourth-order valence-electron chi connectivity index (χ4n) is 6.82. The van der Waals surface area contributed by atoms with E-state index in [2.05, 4.69) is 159 Å². The molecule has 0 aliphatic heterocycles. The summed E-state index contributed by atoms with van der Waals surface area (Å²) in [7, 11) is 0. The first-order valence-corrected chi connectivity index (χ1v) is 15.1. The second kappa shape index (κ2) is 10.5. The zero-order valence-corrected chi connectivity index (χ0v) is 24.4. The van der Waals surface area contributed by atoms with Gasteiger partial charge >= 0.3 is 0 Å². The van der Waals surface area contributed by atoms with Crippen molar-refractivity contribution in [3.63, 3.8) is 0 Å². The van der Waals surface area contributed by atoms with E-state index in [9.17, 15) is 0 Å². The molecule has 0 heterocycles. The predicted octanol–water partition coefficient (Wildman–Crippen LogP) is 12.5. The second-order valence-corrected chi connectivity index (χ2v) is 11.5. The van der Waals surface area contributed by atoms with Gasteiger partial charge in [0.2, 0.25) is 0 Å². The predicted molar refractivity (Wildman–Crippen MR) is 193 cm³/mol. The van der Waals surface area contributed by atoms with E-state index in [0.717, 1.165) is 11.1 Å². The highest BCUT2D eigenvalue weighted by atomic mass is 14.2. The van der Waals surface area contributed by atoms with Crippen LogP contribution in [-0.4, -0.2) is 0 Å². The summed E-state index contributed by atoms with van der Waals surface area (Å²) >= 11 is 0. The van der Waals surface area contributed by atoms with E-state index in [1.54, 1.807) is 0 Å². The minimum atomic E-state index is 0.971. The number of hydrogen-bond acceptors (Lipinski definition) is 0. The maximum atomic E-state index is 4.54. The zero-order chi connectivity index (χ0) is 29.6. The van der Waals surface area contributed by atoms with Crippen molar-refractivity contribution >= 4 is 59.4 Å². The van der Waals surface area contributed by atoms with Crippen molar-refractivity contribution in [2.24, 2.45) is 0 Å². The van der Waals surface area contributed by atoms with E-state index in [4.69, 9.17) is 0 Å². The minimum absolute atomic E-state index is 0.971. The topological polar surface area (TPSA) is 0 Å². The molecule has 0 aliphatic carbocycles. The van der Waals surface area contributed by atoms with Crippen molar-refractivity contribution in [3.05, 3.63) is 176 Å². The van der Waals surface area contributed by atoms with Gasteiger partial charge in [-0.3, -0.25) is 0 Å². The Balaban J connectivity index is 1.44. The fraction of sp³-hybridized carbons (Fsp3) is 0. The number of rotatable bonds is 5. The van der Waals surface area contributed by atoms with Crippen molar-refractivity contribution in [2.75, 3.05) is 0 Å². The third kappa shape index (κ3) is 4.23. The Morgan fingerprint density at radius 1 is 0.432 bits per heavy atom. The van der Waals surface area contributed by atoms with Crippen LogP contribution in [0.2, 0.25) is 0 Å². The summed E-state index contributed by atoms with van der Waals surface area (Å²) in [6, 6.07) is 51.0. The smallest absolute Gasteiger partial charge is 0.00261 e. The van der Waals surface area contributed by atoms with Crippen LogP contribution in [0.3, 0.4) is 0 Å². The highest BCUT2D eigenvalue weighted by Crippen LogP contribution is 2.44. The van der Waals surface area contributed by atoms with E-state index >= 15 is 0 Å². The summed E-state index contributed by atoms with van der Waals surface area (Å²) in [4.78, 5) is 0. The molecule has 0 saturated carbocycles. The van der Waals surface area contributed by atoms with Crippen molar-refractivity contribution in [3.8, 4) is 22.3 Å². The summed E-state index contributed by atoms with van der Waals surface area (Å²) in [6.45, 7) is 8.44. The van der Waals surface area contributed by atoms with Gasteiger partial charge in [0, 0.05) is 0 Å². The lowest BCUT2D eigenvalue weighted by Crippen LogP contribution is -1.93. The lowest BCUT2D eigenvalue weighted by atomic mass is 9.84. The molecule has 0 atom stereocenters. The fourth-order valence-corrected chi connectivity index (χ4v) is 6.82.